The smallest absolute Gasteiger partial charge is 0.231 e. The summed E-state index contributed by atoms with van der Waals surface area (Å²) in [5.74, 6) is 1.69. The first-order valence-corrected chi connectivity index (χ1v) is 7.80. The third-order valence-electron chi connectivity index (χ3n) is 5.01. The first-order valence-electron chi connectivity index (χ1n) is 7.80. The Labute approximate surface area is 125 Å². The van der Waals surface area contributed by atoms with Crippen LogP contribution in [-0.4, -0.2) is 53.4 Å². The van der Waals surface area contributed by atoms with E-state index in [1.54, 1.807) is 6.07 Å². The highest BCUT2D eigenvalue weighted by molar-refractivity contribution is 5.51. The first kappa shape index (κ1) is 13.2. The van der Waals surface area contributed by atoms with Gasteiger partial charge < -0.3 is 14.6 Å². The number of phenolic OH excluding ortho intramolecular Hbond substituents is 1. The summed E-state index contributed by atoms with van der Waals surface area (Å²) >= 11 is 0. The minimum absolute atomic E-state index is 0.245. The molecule has 2 fully saturated rings. The molecule has 1 aromatic carbocycles. The number of aromatic hydroxyl groups is 1. The second kappa shape index (κ2) is 5.07. The van der Waals surface area contributed by atoms with Crippen LogP contribution in [0, 0.1) is 0 Å². The second-order valence-electron chi connectivity index (χ2n) is 6.40. The molecule has 2 saturated heterocycles. The molecule has 4 rings (SSSR count). The number of phenols is 1. The number of nitrogens with zero attached hydrogens (tertiary/aromatic N) is 2. The molecule has 3 aliphatic heterocycles. The zero-order chi connectivity index (χ0) is 14.4. The van der Waals surface area contributed by atoms with Crippen LogP contribution < -0.4 is 9.47 Å². The van der Waals surface area contributed by atoms with E-state index in [4.69, 9.17) is 9.47 Å². The van der Waals surface area contributed by atoms with E-state index in [1.807, 2.05) is 6.07 Å². The maximum Gasteiger partial charge on any atom is 0.231 e. The summed E-state index contributed by atoms with van der Waals surface area (Å²) in [6, 6.07) is 4.81. The number of benzene rings is 1. The van der Waals surface area contributed by atoms with Gasteiger partial charge in [0.15, 0.2) is 11.5 Å². The first-order chi connectivity index (χ1) is 10.2. The third kappa shape index (κ3) is 2.34. The van der Waals surface area contributed by atoms with Gasteiger partial charge in [-0.25, -0.2) is 0 Å². The van der Waals surface area contributed by atoms with Crippen LogP contribution in [0.2, 0.25) is 0 Å². The molecule has 1 N–H and O–H groups in total. The van der Waals surface area contributed by atoms with Gasteiger partial charge in [-0.05, 0) is 32.4 Å². The Bertz CT molecular complexity index is 549. The van der Waals surface area contributed by atoms with Crippen LogP contribution in [0.15, 0.2) is 12.1 Å². The maximum atomic E-state index is 10.2. The van der Waals surface area contributed by atoms with Crippen molar-refractivity contribution < 1.29 is 14.6 Å². The Kier molecular flexibility index (Phi) is 3.19. The predicted molar refractivity (Wildman–Crippen MR) is 78.7 cm³/mol. The highest BCUT2D eigenvalue weighted by Crippen LogP contribution is 2.38. The Balaban J connectivity index is 1.53. The second-order valence-corrected chi connectivity index (χ2v) is 6.40. The molecule has 3 aliphatic rings. The number of piperazine rings is 1. The monoisotopic (exact) mass is 290 g/mol. The summed E-state index contributed by atoms with van der Waals surface area (Å²) in [7, 11) is 0. The molecule has 0 radical (unpaired) electrons. The normalized spacial score (nSPS) is 28.8. The Morgan fingerprint density at radius 1 is 1.24 bits per heavy atom. The zero-order valence-electron chi connectivity index (χ0n) is 12.4. The van der Waals surface area contributed by atoms with Gasteiger partial charge in [0.2, 0.25) is 6.79 Å². The van der Waals surface area contributed by atoms with E-state index >= 15 is 0 Å². The van der Waals surface area contributed by atoms with E-state index in [2.05, 4.69) is 16.7 Å². The Morgan fingerprint density at radius 3 is 2.90 bits per heavy atom. The van der Waals surface area contributed by atoms with E-state index in [0.717, 1.165) is 30.9 Å². The molecule has 5 heteroatoms. The van der Waals surface area contributed by atoms with E-state index in [-0.39, 0.29) is 6.79 Å². The van der Waals surface area contributed by atoms with Gasteiger partial charge in [0.05, 0.1) is 0 Å². The van der Waals surface area contributed by atoms with Crippen molar-refractivity contribution in [2.45, 2.75) is 38.4 Å². The van der Waals surface area contributed by atoms with Gasteiger partial charge in [0, 0.05) is 43.3 Å². The van der Waals surface area contributed by atoms with Crippen LogP contribution in [0.25, 0.3) is 0 Å². The summed E-state index contributed by atoms with van der Waals surface area (Å²) < 4.78 is 10.7. The average molecular weight is 290 g/mol. The Hall–Kier alpha value is -1.46. The van der Waals surface area contributed by atoms with Crippen molar-refractivity contribution >= 4 is 0 Å². The molecule has 114 valence electrons. The van der Waals surface area contributed by atoms with Gasteiger partial charge in [-0.2, -0.15) is 0 Å². The van der Waals surface area contributed by atoms with Gasteiger partial charge in [0.1, 0.15) is 5.75 Å². The standard InChI is InChI=1S/C16H22N2O3/c1-11-7-17-4-2-3-13(17)9-18(11)8-12-5-15-16(6-14(12)19)21-10-20-15/h5-6,11,13,19H,2-4,7-10H2,1H3. The summed E-state index contributed by atoms with van der Waals surface area (Å²) in [5.41, 5.74) is 0.928. The van der Waals surface area contributed by atoms with Crippen molar-refractivity contribution in [3.05, 3.63) is 17.7 Å². The summed E-state index contributed by atoms with van der Waals surface area (Å²) in [4.78, 5) is 5.09. The van der Waals surface area contributed by atoms with E-state index in [9.17, 15) is 5.11 Å². The van der Waals surface area contributed by atoms with Gasteiger partial charge in [-0.3, -0.25) is 9.80 Å². The van der Waals surface area contributed by atoms with Crippen LogP contribution in [0.1, 0.15) is 25.3 Å². The quantitative estimate of drug-likeness (QED) is 0.899. The SMILES string of the molecule is CC1CN2CCCC2CN1Cc1cc2c(cc1O)OCO2. The molecule has 5 nitrogen and oxygen atoms in total. The lowest BCUT2D eigenvalue weighted by atomic mass is 10.1. The molecule has 0 aliphatic carbocycles. The van der Waals surface area contributed by atoms with Crippen molar-refractivity contribution in [3.63, 3.8) is 0 Å². The van der Waals surface area contributed by atoms with Crippen LogP contribution in [0.3, 0.4) is 0 Å². The molecule has 3 heterocycles. The highest BCUT2D eigenvalue weighted by Gasteiger charge is 2.34. The average Bonchev–Trinajstić information content (AvgIpc) is 3.07. The molecule has 21 heavy (non-hydrogen) atoms. The van der Waals surface area contributed by atoms with Crippen LogP contribution in [0.4, 0.5) is 0 Å². The van der Waals surface area contributed by atoms with Gasteiger partial charge in [0.25, 0.3) is 0 Å². The minimum atomic E-state index is 0.245. The fraction of sp³-hybridized carbons (Fsp3) is 0.625. The van der Waals surface area contributed by atoms with Crippen molar-refractivity contribution in [3.8, 4) is 17.2 Å². The lowest BCUT2D eigenvalue weighted by Gasteiger charge is -2.42. The van der Waals surface area contributed by atoms with Gasteiger partial charge in [-0.15, -0.1) is 0 Å². The van der Waals surface area contributed by atoms with Crippen LogP contribution >= 0.6 is 0 Å². The van der Waals surface area contributed by atoms with E-state index in [0.29, 0.717) is 23.6 Å². The van der Waals surface area contributed by atoms with Crippen LogP contribution in [-0.2, 0) is 6.54 Å². The molecular weight excluding hydrogens is 268 g/mol. The number of hydrogen-bond acceptors (Lipinski definition) is 5. The molecular formula is C16H22N2O3. The summed E-state index contributed by atoms with van der Waals surface area (Å²) in [6.07, 6.45) is 2.62. The van der Waals surface area contributed by atoms with Crippen molar-refractivity contribution in [2.75, 3.05) is 26.4 Å². The number of hydrogen-bond donors (Lipinski definition) is 1. The topological polar surface area (TPSA) is 45.2 Å². The minimum Gasteiger partial charge on any atom is -0.507 e. The lowest BCUT2D eigenvalue weighted by molar-refractivity contribution is 0.0535. The molecule has 1 aromatic rings. The van der Waals surface area contributed by atoms with Gasteiger partial charge in [-0.1, -0.05) is 0 Å². The largest absolute Gasteiger partial charge is 0.507 e. The number of ether oxygens (including phenoxy) is 2. The maximum absolute atomic E-state index is 10.2. The number of fused-ring (bicyclic) bond motifs is 2. The fourth-order valence-corrected chi connectivity index (χ4v) is 3.79. The zero-order valence-corrected chi connectivity index (χ0v) is 12.4. The van der Waals surface area contributed by atoms with Crippen LogP contribution in [0.5, 0.6) is 17.2 Å². The molecule has 2 unspecified atom stereocenters. The lowest BCUT2D eigenvalue weighted by Crippen LogP contribution is -2.54. The molecule has 0 bridgehead atoms. The van der Waals surface area contributed by atoms with Crippen molar-refractivity contribution in [1.29, 1.82) is 0 Å². The molecule has 0 saturated carbocycles. The van der Waals surface area contributed by atoms with Crippen molar-refractivity contribution in [2.24, 2.45) is 0 Å². The highest BCUT2D eigenvalue weighted by atomic mass is 16.7. The summed E-state index contributed by atoms with van der Waals surface area (Å²) in [6.45, 7) is 6.77. The number of rotatable bonds is 2. The van der Waals surface area contributed by atoms with E-state index in [1.165, 1.54) is 19.4 Å². The molecule has 0 spiro atoms. The predicted octanol–water partition coefficient (Wildman–Crippen LogP) is 1.79. The van der Waals surface area contributed by atoms with Crippen molar-refractivity contribution in [1.82, 2.24) is 9.80 Å². The third-order valence-corrected chi connectivity index (χ3v) is 5.01. The molecule has 0 aromatic heterocycles. The van der Waals surface area contributed by atoms with E-state index < -0.39 is 0 Å². The Morgan fingerprint density at radius 2 is 2.05 bits per heavy atom. The molecule has 2 atom stereocenters. The molecule has 0 amide bonds. The fourth-order valence-electron chi connectivity index (χ4n) is 3.79. The summed E-state index contributed by atoms with van der Waals surface area (Å²) in [5, 5.41) is 10.2. The van der Waals surface area contributed by atoms with Gasteiger partial charge >= 0.3 is 0 Å².